The van der Waals surface area contributed by atoms with Crippen LogP contribution in [-0.4, -0.2) is 203 Å². The van der Waals surface area contributed by atoms with E-state index < -0.39 is 30.1 Å². The molecule has 3 aliphatic heterocycles. The predicted molar refractivity (Wildman–Crippen MR) is 403 cm³/mol. The van der Waals surface area contributed by atoms with E-state index >= 15 is 0 Å². The zero-order valence-corrected chi connectivity index (χ0v) is 62.1. The van der Waals surface area contributed by atoms with E-state index in [4.69, 9.17) is 19.9 Å². The minimum Gasteiger partial charge on any atom is -0.367 e. The summed E-state index contributed by atoms with van der Waals surface area (Å²) in [6.07, 6.45) is 35.9. The fourth-order valence-electron chi connectivity index (χ4n) is 13.9. The Morgan fingerprint density at radius 2 is 0.657 bits per heavy atom. The van der Waals surface area contributed by atoms with Crippen LogP contribution in [0.3, 0.4) is 0 Å². The Bertz CT molecular complexity index is 5300. The van der Waals surface area contributed by atoms with Gasteiger partial charge in [-0.2, -0.15) is 30.6 Å². The molecule has 0 bridgehead atoms. The fourth-order valence-corrected chi connectivity index (χ4v) is 16.6. The van der Waals surface area contributed by atoms with Crippen molar-refractivity contribution in [3.8, 4) is 101 Å². The minimum atomic E-state index is -3.23. The van der Waals surface area contributed by atoms with Crippen LogP contribution < -0.4 is 16.0 Å². The molecule has 3 N–H and O–H groups in total. The maximum Gasteiger partial charge on any atom is 0.211 e. The van der Waals surface area contributed by atoms with Gasteiger partial charge in [0.05, 0.1) is 55.9 Å². The van der Waals surface area contributed by atoms with Gasteiger partial charge in [0.25, 0.3) is 0 Å². The molecular weight excluding hydrogens is 1390 g/mol. The highest BCUT2D eigenvalue weighted by Crippen LogP contribution is 2.50. The van der Waals surface area contributed by atoms with Crippen molar-refractivity contribution in [3.63, 3.8) is 0 Å². The van der Waals surface area contributed by atoms with Crippen LogP contribution in [-0.2, 0) is 72.4 Å². The van der Waals surface area contributed by atoms with Crippen LogP contribution in [0, 0.1) is 5.41 Å². The van der Waals surface area contributed by atoms with E-state index in [1.807, 2.05) is 171 Å². The van der Waals surface area contributed by atoms with Gasteiger partial charge in [0.2, 0.25) is 30.1 Å². The Balaban J connectivity index is 0.000000133. The first-order chi connectivity index (χ1) is 50.2. The van der Waals surface area contributed by atoms with E-state index in [1.54, 1.807) is 57.2 Å². The summed E-state index contributed by atoms with van der Waals surface area (Å²) in [6, 6.07) is 24.3. The number of hydrogen-bond acceptors (Lipinski definition) is 21. The third kappa shape index (κ3) is 16.5. The summed E-state index contributed by atoms with van der Waals surface area (Å²) in [5, 5.41) is 36.3. The molecule has 12 aromatic rings. The second kappa shape index (κ2) is 29.1. The van der Waals surface area contributed by atoms with Crippen LogP contribution >= 0.6 is 0 Å². The monoisotopic (exact) mass is 1470 g/mol. The highest BCUT2D eigenvalue weighted by atomic mass is 32.2. The molecule has 544 valence electrons. The molecule has 0 radical (unpaired) electrons. The van der Waals surface area contributed by atoms with Gasteiger partial charge >= 0.3 is 0 Å². The molecule has 12 heterocycles. The van der Waals surface area contributed by atoms with Gasteiger partial charge in [-0.05, 0) is 72.4 Å². The van der Waals surface area contributed by atoms with Gasteiger partial charge in [0.1, 0.15) is 17.5 Å². The smallest absolute Gasteiger partial charge is 0.211 e. The van der Waals surface area contributed by atoms with Crippen molar-refractivity contribution in [2.45, 2.75) is 50.2 Å². The highest BCUT2D eigenvalue weighted by Gasteiger charge is 2.50. The molecule has 105 heavy (non-hydrogen) atoms. The molecule has 1 spiro atoms. The SMILES string of the molecule is Cn1cc(-c2cccc(-c3ncc(-c4cnn(C)c4)c(NC4CC5(CCN(S(C)(=O)=O)C5)C4)n3)c2)cn1.Cn1cc(-c2cccc(-c3ncc(-c4cnn(C)c4)c(N[C@@H]4CCN(S(C)(=O)=O)C4)n3)c2)cn1.Cn1cc(-c2cccc(-c3ncc(-c4cnn(C)c4)c(N[C@H]4CCN(S(C)(=O)=O)C4)n3)c2)cn1. The Hall–Kier alpha value is -10.7. The molecule has 1 aliphatic carbocycles. The normalized spacial score (nSPS) is 18.5. The number of nitrogens with one attached hydrogen (secondary N) is 3. The lowest BCUT2D eigenvalue weighted by Crippen LogP contribution is -2.47. The summed E-state index contributed by atoms with van der Waals surface area (Å²) in [6.45, 7) is 3.00. The number of rotatable bonds is 18. The third-order valence-electron chi connectivity index (χ3n) is 19.4. The Morgan fingerprint density at radius 3 is 0.933 bits per heavy atom. The standard InChI is InChI=1S/C26H30N8O2S.2C23H26N8O2S/c1-32-15-20(12-28-32)18-5-4-6-19(9-18)24-27-14-23(21-13-29-33(2)16-21)25(31-24)30-22-10-26(11-22)7-8-34(17-26)37(3,35)36;2*1-29-13-18(10-25-29)16-5-4-6-17(9-16)22-24-12-21(19-11-26-30(2)14-19)23(28-22)27-20-7-8-31(15-20)34(3,32)33/h4-6,9,12-16,22H,7-8,10-11,17H2,1-3H3,(H,27,30,31);2*4-6,9-14,20H,7-8,15H2,1-3H3,(H,24,27,28)/t;2*20-/m.10/s1. The molecule has 0 unspecified atom stereocenters. The number of hydrogen-bond donors (Lipinski definition) is 3. The van der Waals surface area contributed by atoms with Crippen molar-refractivity contribution in [2.75, 3.05) is 74.0 Å². The van der Waals surface area contributed by atoms with Crippen molar-refractivity contribution < 1.29 is 25.3 Å². The van der Waals surface area contributed by atoms with Gasteiger partial charge in [-0.3, -0.25) is 28.1 Å². The molecule has 33 heteroatoms. The van der Waals surface area contributed by atoms with E-state index in [2.05, 4.69) is 68.6 Å². The Labute approximate surface area is 609 Å². The number of anilines is 3. The lowest BCUT2D eigenvalue weighted by Gasteiger charge is -2.45. The number of aryl methyl sites for hydroxylation is 6. The zero-order valence-electron chi connectivity index (χ0n) is 59.7. The van der Waals surface area contributed by atoms with Crippen LogP contribution in [0.15, 0.2) is 166 Å². The number of benzene rings is 3. The third-order valence-corrected chi connectivity index (χ3v) is 23.2. The molecule has 4 aliphatic rings. The summed E-state index contributed by atoms with van der Waals surface area (Å²) in [4.78, 5) is 28.7. The summed E-state index contributed by atoms with van der Waals surface area (Å²) >= 11 is 0. The summed E-state index contributed by atoms with van der Waals surface area (Å²) in [7, 11) is 1.68. The van der Waals surface area contributed by atoms with E-state index in [1.165, 1.54) is 27.4 Å². The summed E-state index contributed by atoms with van der Waals surface area (Å²) in [5.74, 6) is 3.88. The largest absolute Gasteiger partial charge is 0.367 e. The van der Waals surface area contributed by atoms with E-state index in [9.17, 15) is 25.3 Å². The van der Waals surface area contributed by atoms with Gasteiger partial charge in [0, 0.05) is 222 Å². The van der Waals surface area contributed by atoms with E-state index in [-0.39, 0.29) is 23.5 Å². The molecule has 2 atom stereocenters. The molecule has 30 nitrogen and oxygen atoms in total. The number of aromatic nitrogens is 18. The quantitative estimate of drug-likeness (QED) is 0.0733. The van der Waals surface area contributed by atoms with Crippen LogP contribution in [0.2, 0.25) is 0 Å². The maximum atomic E-state index is 12.0. The first kappa shape index (κ1) is 71.3. The van der Waals surface area contributed by atoms with Gasteiger partial charge in [-0.15, -0.1) is 0 Å². The lowest BCUT2D eigenvalue weighted by atomic mass is 9.65. The molecule has 9 aromatic heterocycles. The van der Waals surface area contributed by atoms with Crippen molar-refractivity contribution in [3.05, 3.63) is 166 Å². The molecule has 0 amide bonds. The van der Waals surface area contributed by atoms with Gasteiger partial charge in [0.15, 0.2) is 17.5 Å². The van der Waals surface area contributed by atoms with Crippen molar-refractivity contribution in [1.29, 1.82) is 0 Å². The Morgan fingerprint density at radius 1 is 0.362 bits per heavy atom. The fraction of sp³-hybridized carbons (Fsp3) is 0.333. The second-order valence-corrected chi connectivity index (χ2v) is 33.6. The highest BCUT2D eigenvalue weighted by molar-refractivity contribution is 7.88. The van der Waals surface area contributed by atoms with Gasteiger partial charge < -0.3 is 16.0 Å². The van der Waals surface area contributed by atoms with Gasteiger partial charge in [-0.1, -0.05) is 54.6 Å². The van der Waals surface area contributed by atoms with E-state index in [0.29, 0.717) is 81.2 Å². The molecule has 16 rings (SSSR count). The number of nitrogens with zero attached hydrogens (tertiary/aromatic N) is 21. The maximum absolute atomic E-state index is 12.0. The average Bonchev–Trinajstić information content (AvgIpc) is 1.57. The number of sulfonamides is 3. The minimum absolute atomic E-state index is 0.0466. The van der Waals surface area contributed by atoms with Crippen LogP contribution in [0.4, 0.5) is 17.5 Å². The topological polar surface area (TPSA) is 332 Å². The first-order valence-electron chi connectivity index (χ1n) is 34.2. The zero-order chi connectivity index (χ0) is 73.5. The van der Waals surface area contributed by atoms with Crippen molar-refractivity contribution in [2.24, 2.45) is 47.7 Å². The predicted octanol–water partition coefficient (Wildman–Crippen LogP) is 7.95. The summed E-state index contributed by atoms with van der Waals surface area (Å²) in [5.41, 5.74) is 14.2. The van der Waals surface area contributed by atoms with Crippen molar-refractivity contribution >= 4 is 47.5 Å². The molecule has 1 saturated carbocycles. The Kier molecular flexibility index (Phi) is 19.7. The molecule has 3 saturated heterocycles. The first-order valence-corrected chi connectivity index (χ1v) is 39.8. The second-order valence-electron chi connectivity index (χ2n) is 27.6. The molecular formula is C72H82N24O6S3. The van der Waals surface area contributed by atoms with Crippen LogP contribution in [0.5, 0.6) is 0 Å². The van der Waals surface area contributed by atoms with E-state index in [0.717, 1.165) is 109 Å². The van der Waals surface area contributed by atoms with Crippen LogP contribution in [0.25, 0.3) is 101 Å². The average molecular weight is 1480 g/mol. The lowest BCUT2D eigenvalue weighted by molar-refractivity contribution is 0.133. The molecule has 4 fully saturated rings. The molecule has 3 aromatic carbocycles. The van der Waals surface area contributed by atoms with Gasteiger partial charge in [-0.25, -0.2) is 68.1 Å². The van der Waals surface area contributed by atoms with Crippen molar-refractivity contribution in [1.82, 2.24) is 102 Å². The van der Waals surface area contributed by atoms with Crippen LogP contribution in [0.1, 0.15) is 32.1 Å². The summed E-state index contributed by atoms with van der Waals surface area (Å²) < 4.78 is 87.0.